The second-order valence-corrected chi connectivity index (χ2v) is 6.50. The Labute approximate surface area is 154 Å². The molecule has 2 aromatic carbocycles. The van der Waals surface area contributed by atoms with Gasteiger partial charge in [0.15, 0.2) is 0 Å². The van der Waals surface area contributed by atoms with Gasteiger partial charge in [-0.1, -0.05) is 17.7 Å². The number of benzene rings is 2. The van der Waals surface area contributed by atoms with E-state index >= 15 is 0 Å². The highest BCUT2D eigenvalue weighted by Crippen LogP contribution is 2.38. The lowest BCUT2D eigenvalue weighted by Crippen LogP contribution is -2.40. The minimum atomic E-state index is -1.42. The van der Waals surface area contributed by atoms with E-state index in [0.29, 0.717) is 16.9 Å². The summed E-state index contributed by atoms with van der Waals surface area (Å²) in [7, 11) is 0. The molecule has 0 aromatic heterocycles. The van der Waals surface area contributed by atoms with Gasteiger partial charge in [0, 0.05) is 17.7 Å². The molecule has 136 valence electrons. The summed E-state index contributed by atoms with van der Waals surface area (Å²) >= 11 is 0. The van der Waals surface area contributed by atoms with Gasteiger partial charge in [0.25, 0.3) is 11.6 Å². The number of hydrogen-bond donors (Lipinski definition) is 1. The number of nitrogens with zero attached hydrogens (tertiary/aromatic N) is 2. The maximum absolute atomic E-state index is 13.0. The van der Waals surface area contributed by atoms with Crippen LogP contribution < -0.4 is 10.4 Å². The summed E-state index contributed by atoms with van der Waals surface area (Å²) in [4.78, 5) is 42.4. The SMILES string of the molecule is Cc1ccc(N2C(=O)C[C@@]3(C=C(c4ccc([N+](=O)[O-])cc4)NO3)C2=O)cc1. The molecule has 2 amide bonds. The number of nitro groups is 1. The van der Waals surface area contributed by atoms with Crippen LogP contribution in [0.25, 0.3) is 5.70 Å². The van der Waals surface area contributed by atoms with Crippen LogP contribution in [-0.2, 0) is 14.4 Å². The summed E-state index contributed by atoms with van der Waals surface area (Å²) in [6.45, 7) is 1.92. The Morgan fingerprint density at radius 2 is 1.78 bits per heavy atom. The number of amides is 2. The Kier molecular flexibility index (Phi) is 3.78. The molecule has 27 heavy (non-hydrogen) atoms. The second kappa shape index (κ2) is 6.03. The molecule has 8 nitrogen and oxygen atoms in total. The normalized spacial score (nSPS) is 21.5. The van der Waals surface area contributed by atoms with Gasteiger partial charge in [-0.2, -0.15) is 0 Å². The highest BCUT2D eigenvalue weighted by Gasteiger charge is 2.55. The first-order chi connectivity index (χ1) is 12.9. The van der Waals surface area contributed by atoms with Crippen molar-refractivity contribution in [2.45, 2.75) is 18.9 Å². The molecule has 0 radical (unpaired) electrons. The number of carbonyl (C=O) groups excluding carboxylic acids is 2. The maximum atomic E-state index is 13.0. The van der Waals surface area contributed by atoms with E-state index in [2.05, 4.69) is 5.48 Å². The van der Waals surface area contributed by atoms with Crippen molar-refractivity contribution >= 4 is 28.9 Å². The molecule has 4 rings (SSSR count). The summed E-state index contributed by atoms with van der Waals surface area (Å²) in [6, 6.07) is 12.9. The number of nitro benzene ring substituents is 1. The monoisotopic (exact) mass is 365 g/mol. The molecule has 0 saturated carbocycles. The molecule has 2 aromatic rings. The van der Waals surface area contributed by atoms with E-state index in [1.165, 1.54) is 12.1 Å². The van der Waals surface area contributed by atoms with Crippen molar-refractivity contribution in [2.24, 2.45) is 0 Å². The third-order valence-electron chi connectivity index (χ3n) is 4.63. The summed E-state index contributed by atoms with van der Waals surface area (Å²) in [5.74, 6) is -0.826. The molecule has 1 spiro atoms. The average Bonchev–Trinajstić information content (AvgIpc) is 3.18. The van der Waals surface area contributed by atoms with Crippen LogP contribution in [0.4, 0.5) is 11.4 Å². The number of carbonyl (C=O) groups is 2. The first-order valence-corrected chi connectivity index (χ1v) is 8.25. The number of imide groups is 1. The lowest BCUT2D eigenvalue weighted by atomic mass is 9.99. The number of aryl methyl sites for hydroxylation is 1. The van der Waals surface area contributed by atoms with Gasteiger partial charge < -0.3 is 0 Å². The number of non-ortho nitro benzene ring substituents is 1. The number of rotatable bonds is 3. The Morgan fingerprint density at radius 3 is 2.41 bits per heavy atom. The van der Waals surface area contributed by atoms with Crippen molar-refractivity contribution in [1.29, 1.82) is 0 Å². The summed E-state index contributed by atoms with van der Waals surface area (Å²) < 4.78 is 0. The fourth-order valence-electron chi connectivity index (χ4n) is 3.17. The van der Waals surface area contributed by atoms with E-state index in [1.54, 1.807) is 30.3 Å². The molecule has 1 fully saturated rings. The Bertz CT molecular complexity index is 981. The first-order valence-electron chi connectivity index (χ1n) is 8.25. The van der Waals surface area contributed by atoms with Crippen molar-refractivity contribution in [2.75, 3.05) is 4.90 Å². The highest BCUT2D eigenvalue weighted by molar-refractivity contribution is 6.25. The van der Waals surface area contributed by atoms with Crippen molar-refractivity contribution < 1.29 is 19.3 Å². The Morgan fingerprint density at radius 1 is 1.11 bits per heavy atom. The zero-order valence-electron chi connectivity index (χ0n) is 14.3. The maximum Gasteiger partial charge on any atom is 0.273 e. The molecular weight excluding hydrogens is 350 g/mol. The van der Waals surface area contributed by atoms with E-state index in [0.717, 1.165) is 10.5 Å². The molecule has 2 heterocycles. The van der Waals surface area contributed by atoms with Gasteiger partial charge in [-0.25, -0.2) is 4.90 Å². The minimum Gasteiger partial charge on any atom is -0.274 e. The van der Waals surface area contributed by atoms with E-state index < -0.39 is 16.4 Å². The van der Waals surface area contributed by atoms with Crippen molar-refractivity contribution in [3.8, 4) is 0 Å². The Balaban J connectivity index is 1.64. The van der Waals surface area contributed by atoms with E-state index in [4.69, 9.17) is 4.84 Å². The lowest BCUT2D eigenvalue weighted by molar-refractivity contribution is -0.384. The molecule has 0 aliphatic carbocycles. The van der Waals surface area contributed by atoms with Crippen molar-refractivity contribution in [3.63, 3.8) is 0 Å². The molecule has 1 N–H and O–H groups in total. The van der Waals surface area contributed by atoms with Gasteiger partial charge in [0.2, 0.25) is 11.5 Å². The van der Waals surface area contributed by atoms with Gasteiger partial charge in [-0.3, -0.25) is 30.0 Å². The fraction of sp³-hybridized carbons (Fsp3) is 0.158. The Hall–Kier alpha value is -3.52. The predicted molar refractivity (Wildman–Crippen MR) is 96.3 cm³/mol. The molecule has 0 bridgehead atoms. The fourth-order valence-corrected chi connectivity index (χ4v) is 3.17. The highest BCUT2D eigenvalue weighted by atomic mass is 16.7. The third-order valence-corrected chi connectivity index (χ3v) is 4.63. The third kappa shape index (κ3) is 2.76. The number of hydrogen-bond acceptors (Lipinski definition) is 6. The van der Waals surface area contributed by atoms with E-state index in [-0.39, 0.29) is 18.0 Å². The molecule has 1 saturated heterocycles. The topological polar surface area (TPSA) is 102 Å². The van der Waals surface area contributed by atoms with E-state index in [9.17, 15) is 19.7 Å². The molecule has 2 aliphatic heterocycles. The molecule has 1 atom stereocenters. The van der Waals surface area contributed by atoms with Crippen LogP contribution in [0.2, 0.25) is 0 Å². The van der Waals surface area contributed by atoms with E-state index in [1.807, 2.05) is 19.1 Å². The lowest BCUT2D eigenvalue weighted by Gasteiger charge is -2.18. The quantitative estimate of drug-likeness (QED) is 0.509. The molecule has 2 aliphatic rings. The number of anilines is 1. The van der Waals surface area contributed by atoms with Crippen LogP contribution in [0.5, 0.6) is 0 Å². The average molecular weight is 365 g/mol. The van der Waals surface area contributed by atoms with Crippen LogP contribution in [-0.4, -0.2) is 22.3 Å². The predicted octanol–water partition coefficient (Wildman–Crippen LogP) is 2.48. The van der Waals surface area contributed by atoms with Crippen LogP contribution in [0.3, 0.4) is 0 Å². The van der Waals surface area contributed by atoms with Crippen LogP contribution in [0, 0.1) is 17.0 Å². The van der Waals surface area contributed by atoms with Gasteiger partial charge in [-0.15, -0.1) is 0 Å². The molecule has 8 heteroatoms. The zero-order chi connectivity index (χ0) is 19.2. The number of hydroxylamine groups is 1. The van der Waals surface area contributed by atoms with Crippen LogP contribution in [0.15, 0.2) is 54.6 Å². The van der Waals surface area contributed by atoms with Crippen LogP contribution >= 0.6 is 0 Å². The summed E-state index contributed by atoms with van der Waals surface area (Å²) in [5.41, 5.74) is 3.84. The molecular formula is C19H15N3O5. The summed E-state index contributed by atoms with van der Waals surface area (Å²) in [5, 5.41) is 10.8. The van der Waals surface area contributed by atoms with Gasteiger partial charge in [0.1, 0.15) is 0 Å². The van der Waals surface area contributed by atoms with Crippen molar-refractivity contribution in [1.82, 2.24) is 5.48 Å². The summed E-state index contributed by atoms with van der Waals surface area (Å²) in [6.07, 6.45) is 1.44. The first kappa shape index (κ1) is 16.9. The zero-order valence-corrected chi connectivity index (χ0v) is 14.3. The largest absolute Gasteiger partial charge is 0.274 e. The second-order valence-electron chi connectivity index (χ2n) is 6.50. The van der Waals surface area contributed by atoms with Crippen molar-refractivity contribution in [3.05, 3.63) is 75.8 Å². The smallest absolute Gasteiger partial charge is 0.273 e. The number of nitrogens with one attached hydrogen (secondary N) is 1. The van der Waals surface area contributed by atoms with Gasteiger partial charge in [-0.05, 0) is 37.3 Å². The van der Waals surface area contributed by atoms with Crippen LogP contribution in [0.1, 0.15) is 17.5 Å². The molecule has 0 unspecified atom stereocenters. The minimum absolute atomic E-state index is 0.0364. The standard InChI is InChI=1S/C19H15N3O5/c1-12-2-6-14(7-3-12)21-17(23)11-19(18(21)24)10-16(20-27-19)13-4-8-15(9-5-13)22(25)26/h2-10,20H,11H2,1H3/t19-/m0/s1. The van der Waals surface area contributed by atoms with Gasteiger partial charge >= 0.3 is 0 Å². The van der Waals surface area contributed by atoms with Gasteiger partial charge in [0.05, 0.1) is 22.7 Å².